The highest BCUT2D eigenvalue weighted by Gasteiger charge is 2.33. The van der Waals surface area contributed by atoms with E-state index in [1.165, 1.54) is 0 Å². The maximum absolute atomic E-state index is 11.9. The third-order valence-corrected chi connectivity index (χ3v) is 5.44. The maximum Gasteiger partial charge on any atom is 0.534 e. The van der Waals surface area contributed by atoms with E-state index in [2.05, 4.69) is 20.3 Å². The molecule has 1 aliphatic rings. The summed E-state index contributed by atoms with van der Waals surface area (Å²) in [6.45, 7) is -0.0861. The molecule has 168 valence electrons. The number of hydrogen-bond donors (Lipinski definition) is 2. The first-order valence-corrected chi connectivity index (χ1v) is 10.3. The Morgan fingerprint density at radius 2 is 2.00 bits per heavy atom. The molecule has 1 fully saturated rings. The Hall–Kier alpha value is -4.41. The van der Waals surface area contributed by atoms with Gasteiger partial charge in [-0.15, -0.1) is 0 Å². The van der Waals surface area contributed by atoms with Crippen molar-refractivity contribution in [3.63, 3.8) is 0 Å². The number of carbonyl (C=O) groups excluding carboxylic acids is 3. The molecule has 11 heteroatoms. The van der Waals surface area contributed by atoms with Crippen molar-refractivity contribution in [2.24, 2.45) is 7.05 Å². The fourth-order valence-corrected chi connectivity index (χ4v) is 3.86. The van der Waals surface area contributed by atoms with Gasteiger partial charge in [0.25, 0.3) is 11.8 Å². The van der Waals surface area contributed by atoms with Crippen LogP contribution in [0.25, 0.3) is 33.3 Å². The fraction of sp³-hybridized carbons (Fsp3) is 0.227. The molecule has 0 saturated carbocycles. The smallest absolute Gasteiger partial charge is 0.428 e. The fourth-order valence-electron chi connectivity index (χ4n) is 3.86. The van der Waals surface area contributed by atoms with Crippen LogP contribution in [-0.2, 0) is 32.8 Å². The number of carbonyl (C=O) groups is 3. The topological polar surface area (TPSA) is 131 Å². The number of aryl methyl sites for hydroxylation is 1. The minimum absolute atomic E-state index is 0.0223. The Balaban J connectivity index is 1.37. The minimum atomic E-state index is -1.11. The van der Waals surface area contributed by atoms with Gasteiger partial charge >= 0.3 is 6.16 Å². The number of hydroxylamine groups is 2. The molecule has 33 heavy (non-hydrogen) atoms. The summed E-state index contributed by atoms with van der Waals surface area (Å²) in [6.07, 6.45) is 0.680. The number of benzene rings is 1. The van der Waals surface area contributed by atoms with Crippen molar-refractivity contribution >= 4 is 45.9 Å². The van der Waals surface area contributed by atoms with Crippen LogP contribution in [0, 0.1) is 0 Å². The van der Waals surface area contributed by atoms with Gasteiger partial charge in [-0.3, -0.25) is 14.4 Å². The van der Waals surface area contributed by atoms with Crippen LogP contribution in [0.5, 0.6) is 0 Å². The Bertz CT molecular complexity index is 1410. The van der Waals surface area contributed by atoms with Crippen molar-refractivity contribution in [1.82, 2.24) is 24.6 Å². The van der Waals surface area contributed by atoms with Crippen LogP contribution in [0.15, 0.2) is 36.7 Å². The number of ether oxygens (including phenoxy) is 1. The van der Waals surface area contributed by atoms with Crippen molar-refractivity contribution < 1.29 is 24.0 Å². The first kappa shape index (κ1) is 20.5. The number of pyridine rings is 1. The number of fused-ring (bicyclic) bond motifs is 3. The number of imide groups is 1. The normalized spacial score (nSPS) is 13.8. The van der Waals surface area contributed by atoms with Crippen molar-refractivity contribution in [3.8, 4) is 11.3 Å². The standard InChI is InChI=1S/C22H20N6O5/c1-23-21-18-19(27(2)11-24-18)14-9-15(25-20(14)26-21)13-5-3-4-12(8-13)10-32-22(31)33-28-16(29)6-7-17(28)30/h3-5,8-9,11H,6-7,10H2,1-2H3,(H2,23,25,26). The average Bonchev–Trinajstić information content (AvgIpc) is 3.50. The molecule has 0 atom stereocenters. The third-order valence-electron chi connectivity index (χ3n) is 5.44. The highest BCUT2D eigenvalue weighted by Crippen LogP contribution is 2.31. The molecular formula is C22H20N6O5. The zero-order valence-electron chi connectivity index (χ0n) is 17.9. The third kappa shape index (κ3) is 3.63. The predicted octanol–water partition coefficient (Wildman–Crippen LogP) is 2.88. The summed E-state index contributed by atoms with van der Waals surface area (Å²) in [6, 6.07) is 9.43. The summed E-state index contributed by atoms with van der Waals surface area (Å²) in [5.41, 5.74) is 4.88. The molecular weight excluding hydrogens is 428 g/mol. The predicted molar refractivity (Wildman–Crippen MR) is 118 cm³/mol. The van der Waals surface area contributed by atoms with Crippen molar-refractivity contribution in [1.29, 1.82) is 0 Å². The van der Waals surface area contributed by atoms with Crippen LogP contribution in [0.3, 0.4) is 0 Å². The van der Waals surface area contributed by atoms with Crippen LogP contribution in [-0.4, -0.2) is 49.6 Å². The van der Waals surface area contributed by atoms with E-state index in [-0.39, 0.29) is 19.4 Å². The molecule has 0 unspecified atom stereocenters. The highest BCUT2D eigenvalue weighted by molar-refractivity contribution is 6.07. The van der Waals surface area contributed by atoms with Gasteiger partial charge in [0, 0.05) is 38.0 Å². The number of nitrogens with zero attached hydrogens (tertiary/aromatic N) is 4. The number of hydrogen-bond acceptors (Lipinski definition) is 8. The second-order valence-electron chi connectivity index (χ2n) is 7.62. The number of imidazole rings is 1. The van der Waals surface area contributed by atoms with Crippen LogP contribution >= 0.6 is 0 Å². The molecule has 0 bridgehead atoms. The lowest BCUT2D eigenvalue weighted by Gasteiger charge is -2.12. The number of rotatable bonds is 5. The van der Waals surface area contributed by atoms with E-state index in [0.717, 1.165) is 33.3 Å². The molecule has 4 heterocycles. The van der Waals surface area contributed by atoms with Gasteiger partial charge in [0.15, 0.2) is 5.82 Å². The first-order valence-electron chi connectivity index (χ1n) is 10.3. The van der Waals surface area contributed by atoms with Gasteiger partial charge < -0.3 is 19.6 Å². The number of aromatic amines is 1. The maximum atomic E-state index is 11.9. The van der Waals surface area contributed by atoms with Crippen LogP contribution in [0.4, 0.5) is 10.6 Å². The number of amides is 2. The zero-order valence-corrected chi connectivity index (χ0v) is 17.9. The molecule has 2 N–H and O–H groups in total. The summed E-state index contributed by atoms with van der Waals surface area (Å²) in [7, 11) is 3.73. The van der Waals surface area contributed by atoms with Crippen molar-refractivity contribution in [2.45, 2.75) is 19.4 Å². The summed E-state index contributed by atoms with van der Waals surface area (Å²) in [4.78, 5) is 52.1. The van der Waals surface area contributed by atoms with E-state index >= 15 is 0 Å². The zero-order chi connectivity index (χ0) is 23.1. The van der Waals surface area contributed by atoms with Crippen molar-refractivity contribution in [3.05, 3.63) is 42.2 Å². The van der Waals surface area contributed by atoms with Crippen LogP contribution in [0.2, 0.25) is 0 Å². The summed E-state index contributed by atoms with van der Waals surface area (Å²) in [5.74, 6) is -0.437. The Labute approximate surface area is 187 Å². The molecule has 0 spiro atoms. The largest absolute Gasteiger partial charge is 0.534 e. The lowest BCUT2D eigenvalue weighted by atomic mass is 10.1. The Kier molecular flexibility index (Phi) is 4.93. The number of aromatic nitrogens is 4. The lowest BCUT2D eigenvalue weighted by molar-refractivity contribution is -0.177. The van der Waals surface area contributed by atoms with Gasteiger partial charge in [0.1, 0.15) is 17.8 Å². The van der Waals surface area contributed by atoms with E-state index in [4.69, 9.17) is 9.57 Å². The van der Waals surface area contributed by atoms with E-state index < -0.39 is 18.0 Å². The second-order valence-corrected chi connectivity index (χ2v) is 7.62. The monoisotopic (exact) mass is 448 g/mol. The molecule has 11 nitrogen and oxygen atoms in total. The molecule has 4 aromatic rings. The van der Waals surface area contributed by atoms with Crippen molar-refractivity contribution in [2.75, 3.05) is 12.4 Å². The highest BCUT2D eigenvalue weighted by atomic mass is 16.8. The Morgan fingerprint density at radius 1 is 1.21 bits per heavy atom. The van der Waals surface area contributed by atoms with Crippen LogP contribution < -0.4 is 5.32 Å². The molecule has 0 radical (unpaired) electrons. The summed E-state index contributed by atoms with van der Waals surface area (Å²) in [5, 5.41) is 4.47. The molecule has 0 aliphatic carbocycles. The van der Waals surface area contributed by atoms with Gasteiger partial charge in [-0.05, 0) is 23.3 Å². The summed E-state index contributed by atoms with van der Waals surface area (Å²) < 4.78 is 7.03. The molecule has 1 aliphatic heterocycles. The molecule has 1 saturated heterocycles. The summed E-state index contributed by atoms with van der Waals surface area (Å²) >= 11 is 0. The molecule has 3 aromatic heterocycles. The average molecular weight is 448 g/mol. The van der Waals surface area contributed by atoms with Gasteiger partial charge in [0.05, 0.1) is 11.8 Å². The first-order chi connectivity index (χ1) is 15.9. The number of nitrogens with one attached hydrogen (secondary N) is 2. The number of H-pyrrole nitrogens is 1. The van der Waals surface area contributed by atoms with Gasteiger partial charge in [-0.2, -0.15) is 0 Å². The van der Waals surface area contributed by atoms with Gasteiger partial charge in [0.2, 0.25) is 0 Å². The van der Waals surface area contributed by atoms with E-state index in [0.29, 0.717) is 16.4 Å². The Morgan fingerprint density at radius 3 is 2.76 bits per heavy atom. The van der Waals surface area contributed by atoms with Gasteiger partial charge in [-0.1, -0.05) is 23.3 Å². The van der Waals surface area contributed by atoms with Gasteiger partial charge in [-0.25, -0.2) is 14.8 Å². The molecule has 2 amide bonds. The molecule has 1 aromatic carbocycles. The van der Waals surface area contributed by atoms with E-state index in [1.807, 2.05) is 35.9 Å². The van der Waals surface area contributed by atoms with E-state index in [1.54, 1.807) is 19.4 Å². The SMILES string of the molecule is CNc1nc2[nH]c(-c3cccc(COC(=O)ON4C(=O)CCC4=O)c3)cc2c2c1ncn2C. The van der Waals surface area contributed by atoms with Crippen LogP contribution in [0.1, 0.15) is 18.4 Å². The minimum Gasteiger partial charge on any atom is -0.428 e. The molecule has 5 rings (SSSR count). The quantitative estimate of drug-likeness (QED) is 0.352. The van der Waals surface area contributed by atoms with E-state index in [9.17, 15) is 14.4 Å². The second kappa shape index (κ2) is 7.93. The number of anilines is 1. The lowest BCUT2D eigenvalue weighted by Crippen LogP contribution is -2.32.